The zero-order valence-electron chi connectivity index (χ0n) is 13.1. The van der Waals surface area contributed by atoms with Crippen molar-refractivity contribution in [2.45, 2.75) is 20.0 Å². The molecule has 0 aliphatic heterocycles. The number of hydroxylamine groups is 1. The summed E-state index contributed by atoms with van der Waals surface area (Å²) in [4.78, 5) is 17.4. The Bertz CT molecular complexity index is 821. The number of benzene rings is 3. The number of carbonyl (C=O) groups excluding carboxylic acids is 1. The molecule has 116 valence electrons. The maximum Gasteiger partial charge on any atom is 0.247 e. The molecular weight excluding hydrogens is 286 g/mol. The number of hydrogen-bond donors (Lipinski definition) is 1. The maximum atomic E-state index is 12.1. The molecule has 3 heteroatoms. The van der Waals surface area contributed by atoms with Gasteiger partial charge in [0.05, 0.1) is 13.0 Å². The minimum absolute atomic E-state index is 0.144. The average molecular weight is 305 g/mol. The molecule has 0 spiro atoms. The topological polar surface area (TPSA) is 38.3 Å². The molecule has 0 aromatic heterocycles. The molecule has 3 rings (SSSR count). The van der Waals surface area contributed by atoms with E-state index in [2.05, 4.69) is 5.48 Å². The van der Waals surface area contributed by atoms with Gasteiger partial charge in [0.25, 0.3) is 0 Å². The van der Waals surface area contributed by atoms with Crippen LogP contribution in [0, 0.1) is 6.92 Å². The van der Waals surface area contributed by atoms with Crippen LogP contribution in [0.1, 0.15) is 16.7 Å². The molecule has 0 saturated heterocycles. The quantitative estimate of drug-likeness (QED) is 0.725. The zero-order chi connectivity index (χ0) is 16.1. The third-order valence-corrected chi connectivity index (χ3v) is 3.74. The lowest BCUT2D eigenvalue weighted by Crippen LogP contribution is -2.25. The molecule has 0 aliphatic rings. The van der Waals surface area contributed by atoms with E-state index >= 15 is 0 Å². The summed E-state index contributed by atoms with van der Waals surface area (Å²) < 4.78 is 0. The highest BCUT2D eigenvalue weighted by molar-refractivity contribution is 5.89. The van der Waals surface area contributed by atoms with Gasteiger partial charge in [-0.3, -0.25) is 9.63 Å². The van der Waals surface area contributed by atoms with Crippen LogP contribution < -0.4 is 5.48 Å². The highest BCUT2D eigenvalue weighted by Gasteiger charge is 2.07. The van der Waals surface area contributed by atoms with E-state index in [4.69, 9.17) is 4.84 Å². The van der Waals surface area contributed by atoms with Crippen LogP contribution in [0.15, 0.2) is 66.7 Å². The van der Waals surface area contributed by atoms with Gasteiger partial charge in [0.2, 0.25) is 5.91 Å². The number of amides is 1. The van der Waals surface area contributed by atoms with Crippen molar-refractivity contribution in [2.75, 3.05) is 0 Å². The summed E-state index contributed by atoms with van der Waals surface area (Å²) >= 11 is 0. The van der Waals surface area contributed by atoms with E-state index in [0.29, 0.717) is 13.0 Å². The normalized spacial score (nSPS) is 10.7. The van der Waals surface area contributed by atoms with Gasteiger partial charge in [-0.1, -0.05) is 72.3 Å². The number of carbonyl (C=O) groups is 1. The van der Waals surface area contributed by atoms with Crippen LogP contribution in [-0.4, -0.2) is 5.91 Å². The van der Waals surface area contributed by atoms with Gasteiger partial charge in [-0.2, -0.15) is 0 Å². The molecule has 1 amide bonds. The largest absolute Gasteiger partial charge is 0.272 e. The van der Waals surface area contributed by atoms with Gasteiger partial charge >= 0.3 is 0 Å². The summed E-state index contributed by atoms with van der Waals surface area (Å²) in [5.41, 5.74) is 5.74. The Balaban J connectivity index is 1.59. The predicted octanol–water partition coefficient (Wildman–Crippen LogP) is 3.94. The van der Waals surface area contributed by atoms with Gasteiger partial charge in [-0.25, -0.2) is 5.48 Å². The van der Waals surface area contributed by atoms with E-state index in [1.165, 1.54) is 5.56 Å². The Hall–Kier alpha value is -2.65. The summed E-state index contributed by atoms with van der Waals surface area (Å²) in [6.45, 7) is 2.39. The summed E-state index contributed by atoms with van der Waals surface area (Å²) in [5, 5.41) is 2.24. The summed E-state index contributed by atoms with van der Waals surface area (Å²) in [5.74, 6) is -0.144. The smallest absolute Gasteiger partial charge is 0.247 e. The summed E-state index contributed by atoms with van der Waals surface area (Å²) in [6, 6.07) is 22.1. The van der Waals surface area contributed by atoms with Crippen LogP contribution in [0.25, 0.3) is 10.8 Å². The van der Waals surface area contributed by atoms with Crippen LogP contribution in [0.5, 0.6) is 0 Å². The van der Waals surface area contributed by atoms with Crippen molar-refractivity contribution in [3.8, 4) is 0 Å². The van der Waals surface area contributed by atoms with Crippen molar-refractivity contribution < 1.29 is 9.63 Å². The fourth-order valence-electron chi connectivity index (χ4n) is 2.66. The molecular formula is C20H19NO2. The van der Waals surface area contributed by atoms with E-state index < -0.39 is 0 Å². The van der Waals surface area contributed by atoms with Crippen LogP contribution in [0.4, 0.5) is 0 Å². The number of rotatable bonds is 5. The highest BCUT2D eigenvalue weighted by atomic mass is 16.6. The Morgan fingerprint density at radius 3 is 2.65 bits per heavy atom. The molecule has 3 aromatic rings. The lowest BCUT2D eigenvalue weighted by molar-refractivity contribution is -0.133. The van der Waals surface area contributed by atoms with Crippen molar-refractivity contribution in [1.82, 2.24) is 5.48 Å². The number of fused-ring (bicyclic) bond motifs is 1. The molecule has 0 radical (unpaired) electrons. The monoisotopic (exact) mass is 305 g/mol. The van der Waals surface area contributed by atoms with Gasteiger partial charge < -0.3 is 0 Å². The molecule has 1 N–H and O–H groups in total. The van der Waals surface area contributed by atoms with Gasteiger partial charge in [0, 0.05) is 0 Å². The van der Waals surface area contributed by atoms with Gasteiger partial charge in [0.15, 0.2) is 0 Å². The SMILES string of the molecule is Cc1cccc(CONC(=O)Cc2cccc3ccccc23)c1. The fourth-order valence-corrected chi connectivity index (χ4v) is 2.66. The molecule has 0 bridgehead atoms. The zero-order valence-corrected chi connectivity index (χ0v) is 13.1. The first kappa shape index (κ1) is 15.3. The van der Waals surface area contributed by atoms with Crippen molar-refractivity contribution in [3.63, 3.8) is 0 Å². The number of hydrogen-bond acceptors (Lipinski definition) is 2. The van der Waals surface area contributed by atoms with Gasteiger partial charge in [0.1, 0.15) is 0 Å². The lowest BCUT2D eigenvalue weighted by atomic mass is 10.0. The Kier molecular flexibility index (Phi) is 4.69. The van der Waals surface area contributed by atoms with E-state index in [1.807, 2.05) is 73.7 Å². The van der Waals surface area contributed by atoms with Gasteiger partial charge in [-0.15, -0.1) is 0 Å². The second-order valence-corrected chi connectivity index (χ2v) is 5.62. The van der Waals surface area contributed by atoms with Crippen molar-refractivity contribution in [2.24, 2.45) is 0 Å². The molecule has 0 atom stereocenters. The predicted molar refractivity (Wildman–Crippen MR) is 91.8 cm³/mol. The second-order valence-electron chi connectivity index (χ2n) is 5.62. The minimum Gasteiger partial charge on any atom is -0.272 e. The van der Waals surface area contributed by atoms with E-state index in [9.17, 15) is 4.79 Å². The Labute approximate surface area is 135 Å². The van der Waals surface area contributed by atoms with Gasteiger partial charge in [-0.05, 0) is 28.8 Å². The van der Waals surface area contributed by atoms with E-state index in [0.717, 1.165) is 21.9 Å². The molecule has 0 heterocycles. The van der Waals surface area contributed by atoms with Crippen LogP contribution in [0.2, 0.25) is 0 Å². The summed E-state index contributed by atoms with van der Waals surface area (Å²) in [6.07, 6.45) is 0.301. The molecule has 3 nitrogen and oxygen atoms in total. The third kappa shape index (κ3) is 3.96. The van der Waals surface area contributed by atoms with Crippen molar-refractivity contribution in [3.05, 3.63) is 83.4 Å². The standard InChI is InChI=1S/C20H19NO2/c1-15-6-4-7-16(12-15)14-23-21-20(22)13-18-10-5-9-17-8-2-3-11-19(17)18/h2-12H,13-14H2,1H3,(H,21,22). The lowest BCUT2D eigenvalue weighted by Gasteiger charge is -2.08. The maximum absolute atomic E-state index is 12.1. The van der Waals surface area contributed by atoms with E-state index in [-0.39, 0.29) is 5.91 Å². The molecule has 0 aliphatic carbocycles. The number of nitrogens with one attached hydrogen (secondary N) is 1. The third-order valence-electron chi connectivity index (χ3n) is 3.74. The fraction of sp³-hybridized carbons (Fsp3) is 0.150. The first-order valence-electron chi connectivity index (χ1n) is 7.65. The van der Waals surface area contributed by atoms with Crippen LogP contribution in [0.3, 0.4) is 0 Å². The van der Waals surface area contributed by atoms with Crippen LogP contribution >= 0.6 is 0 Å². The summed E-state index contributed by atoms with van der Waals surface area (Å²) in [7, 11) is 0. The first-order valence-corrected chi connectivity index (χ1v) is 7.65. The molecule has 23 heavy (non-hydrogen) atoms. The van der Waals surface area contributed by atoms with Crippen LogP contribution in [-0.2, 0) is 22.7 Å². The van der Waals surface area contributed by atoms with Crippen molar-refractivity contribution >= 4 is 16.7 Å². The van der Waals surface area contributed by atoms with Crippen molar-refractivity contribution in [1.29, 1.82) is 0 Å². The Morgan fingerprint density at radius 2 is 1.78 bits per heavy atom. The molecule has 0 fully saturated rings. The average Bonchev–Trinajstić information content (AvgIpc) is 2.55. The Morgan fingerprint density at radius 1 is 1.00 bits per heavy atom. The second kappa shape index (κ2) is 7.07. The number of aryl methyl sites for hydroxylation is 1. The molecule has 3 aromatic carbocycles. The molecule has 0 unspecified atom stereocenters. The molecule has 0 saturated carbocycles. The highest BCUT2D eigenvalue weighted by Crippen LogP contribution is 2.18. The minimum atomic E-state index is -0.144. The van der Waals surface area contributed by atoms with E-state index in [1.54, 1.807) is 0 Å². The first-order chi connectivity index (χ1) is 11.2.